The molecule has 22 heavy (non-hydrogen) atoms. The van der Waals surface area contributed by atoms with Crippen molar-refractivity contribution in [3.8, 4) is 0 Å². The van der Waals surface area contributed by atoms with Gasteiger partial charge in [-0.1, -0.05) is 12.8 Å². The lowest BCUT2D eigenvalue weighted by molar-refractivity contribution is -0.141. The largest absolute Gasteiger partial charge is 0.378 e. The van der Waals surface area contributed by atoms with Crippen LogP contribution in [0.4, 0.5) is 0 Å². The quantitative estimate of drug-likeness (QED) is 0.862. The molecule has 128 valence electrons. The molecular formula is C17H31ClN2O2. The van der Waals surface area contributed by atoms with Crippen LogP contribution in [0.2, 0.25) is 0 Å². The number of hydrogen-bond acceptors (Lipinski definition) is 3. The standard InChI is InChI=1S/C17H30N2O2.ClH/c1-17(18)9-3-2-4-15(17)16(20)19-10-7-14(8-11-19)21-12-13-5-6-13;/h13-15H,2-12,18H2,1H3;1H. The molecule has 1 aliphatic heterocycles. The van der Waals surface area contributed by atoms with E-state index in [-0.39, 0.29) is 23.9 Å². The van der Waals surface area contributed by atoms with Crippen LogP contribution in [0.3, 0.4) is 0 Å². The highest BCUT2D eigenvalue weighted by Crippen LogP contribution is 2.34. The fourth-order valence-corrected chi connectivity index (χ4v) is 3.78. The van der Waals surface area contributed by atoms with Gasteiger partial charge in [-0.3, -0.25) is 4.79 Å². The smallest absolute Gasteiger partial charge is 0.227 e. The lowest BCUT2D eigenvalue weighted by Crippen LogP contribution is -2.55. The number of amides is 1. The van der Waals surface area contributed by atoms with Gasteiger partial charge in [0.2, 0.25) is 5.91 Å². The Balaban J connectivity index is 0.00000176. The van der Waals surface area contributed by atoms with E-state index in [1.54, 1.807) is 0 Å². The van der Waals surface area contributed by atoms with Crippen molar-refractivity contribution in [1.82, 2.24) is 4.90 Å². The van der Waals surface area contributed by atoms with Crippen LogP contribution in [0.5, 0.6) is 0 Å². The van der Waals surface area contributed by atoms with Gasteiger partial charge in [-0.05, 0) is 51.4 Å². The molecule has 2 N–H and O–H groups in total. The molecule has 2 aliphatic carbocycles. The number of hydrogen-bond donors (Lipinski definition) is 1. The second kappa shape index (κ2) is 7.50. The Bertz CT molecular complexity index is 377. The number of carbonyl (C=O) groups is 1. The summed E-state index contributed by atoms with van der Waals surface area (Å²) >= 11 is 0. The van der Waals surface area contributed by atoms with Crippen molar-refractivity contribution in [2.24, 2.45) is 17.6 Å². The molecule has 4 nitrogen and oxygen atoms in total. The molecule has 2 atom stereocenters. The Morgan fingerprint density at radius 1 is 1.18 bits per heavy atom. The zero-order valence-electron chi connectivity index (χ0n) is 13.8. The topological polar surface area (TPSA) is 55.6 Å². The van der Waals surface area contributed by atoms with E-state index in [4.69, 9.17) is 10.5 Å². The van der Waals surface area contributed by atoms with Gasteiger partial charge in [0, 0.05) is 25.2 Å². The van der Waals surface area contributed by atoms with Gasteiger partial charge >= 0.3 is 0 Å². The summed E-state index contributed by atoms with van der Waals surface area (Å²) in [6.45, 7) is 4.68. The van der Waals surface area contributed by atoms with Crippen LogP contribution >= 0.6 is 12.4 Å². The molecule has 0 bridgehead atoms. The Labute approximate surface area is 140 Å². The first-order chi connectivity index (χ1) is 10.1. The first-order valence-electron chi connectivity index (χ1n) is 8.75. The van der Waals surface area contributed by atoms with E-state index in [9.17, 15) is 4.79 Å². The monoisotopic (exact) mass is 330 g/mol. The maximum Gasteiger partial charge on any atom is 0.227 e. The van der Waals surface area contributed by atoms with Crippen LogP contribution in [0.25, 0.3) is 0 Å². The van der Waals surface area contributed by atoms with Gasteiger partial charge in [-0.15, -0.1) is 12.4 Å². The van der Waals surface area contributed by atoms with Crippen molar-refractivity contribution in [2.45, 2.75) is 69.9 Å². The Morgan fingerprint density at radius 3 is 2.45 bits per heavy atom. The van der Waals surface area contributed by atoms with E-state index >= 15 is 0 Å². The van der Waals surface area contributed by atoms with Crippen molar-refractivity contribution in [2.75, 3.05) is 19.7 Å². The molecule has 0 aromatic carbocycles. The number of rotatable bonds is 4. The highest BCUT2D eigenvalue weighted by molar-refractivity contribution is 5.85. The summed E-state index contributed by atoms with van der Waals surface area (Å²) in [5.74, 6) is 1.14. The number of halogens is 1. The van der Waals surface area contributed by atoms with Gasteiger partial charge in [-0.25, -0.2) is 0 Å². The molecule has 1 heterocycles. The third kappa shape index (κ3) is 4.36. The van der Waals surface area contributed by atoms with Gasteiger partial charge in [0.15, 0.2) is 0 Å². The minimum absolute atomic E-state index is 0. The maximum atomic E-state index is 12.8. The van der Waals surface area contributed by atoms with Gasteiger partial charge in [0.1, 0.15) is 0 Å². The second-order valence-corrected chi connectivity index (χ2v) is 7.61. The van der Waals surface area contributed by atoms with E-state index in [2.05, 4.69) is 6.92 Å². The van der Waals surface area contributed by atoms with Crippen LogP contribution in [-0.4, -0.2) is 42.1 Å². The SMILES string of the molecule is CC1(N)CCCCC1C(=O)N1CCC(OCC2CC2)CC1.Cl. The molecule has 1 saturated heterocycles. The molecule has 2 saturated carbocycles. The summed E-state index contributed by atoms with van der Waals surface area (Å²) in [7, 11) is 0. The van der Waals surface area contributed by atoms with E-state index < -0.39 is 0 Å². The Hall–Kier alpha value is -0.320. The molecule has 5 heteroatoms. The molecule has 0 aromatic heterocycles. The predicted octanol–water partition coefficient (Wildman–Crippen LogP) is 2.73. The number of nitrogens with two attached hydrogens (primary N) is 1. The van der Waals surface area contributed by atoms with E-state index in [1.807, 2.05) is 4.90 Å². The zero-order chi connectivity index (χ0) is 14.9. The van der Waals surface area contributed by atoms with Crippen molar-refractivity contribution < 1.29 is 9.53 Å². The summed E-state index contributed by atoms with van der Waals surface area (Å²) in [5, 5.41) is 0. The van der Waals surface area contributed by atoms with Crippen molar-refractivity contribution >= 4 is 18.3 Å². The van der Waals surface area contributed by atoms with Crippen molar-refractivity contribution in [3.05, 3.63) is 0 Å². The summed E-state index contributed by atoms with van der Waals surface area (Å²) in [4.78, 5) is 14.8. The molecule has 2 unspecified atom stereocenters. The Morgan fingerprint density at radius 2 is 1.86 bits per heavy atom. The molecule has 0 spiro atoms. The van der Waals surface area contributed by atoms with Crippen molar-refractivity contribution in [1.29, 1.82) is 0 Å². The third-order valence-corrected chi connectivity index (χ3v) is 5.57. The van der Waals surface area contributed by atoms with E-state index in [0.29, 0.717) is 12.0 Å². The summed E-state index contributed by atoms with van der Waals surface area (Å²) in [5.41, 5.74) is 6.06. The second-order valence-electron chi connectivity index (χ2n) is 7.61. The van der Waals surface area contributed by atoms with E-state index in [1.165, 1.54) is 12.8 Å². The minimum atomic E-state index is -0.311. The fraction of sp³-hybridized carbons (Fsp3) is 0.941. The van der Waals surface area contributed by atoms with Crippen molar-refractivity contribution in [3.63, 3.8) is 0 Å². The summed E-state index contributed by atoms with van der Waals surface area (Å²) in [6, 6.07) is 0. The highest BCUT2D eigenvalue weighted by Gasteiger charge is 2.40. The molecular weight excluding hydrogens is 300 g/mol. The van der Waals surface area contributed by atoms with Crippen LogP contribution in [0.1, 0.15) is 58.3 Å². The van der Waals surface area contributed by atoms with Gasteiger partial charge in [0.25, 0.3) is 0 Å². The average molecular weight is 331 g/mol. The molecule has 1 amide bonds. The molecule has 3 aliphatic rings. The first-order valence-corrected chi connectivity index (χ1v) is 8.75. The van der Waals surface area contributed by atoms with Crippen LogP contribution in [-0.2, 0) is 9.53 Å². The number of piperidine rings is 1. The molecule has 3 fully saturated rings. The van der Waals surface area contributed by atoms with Gasteiger partial charge in [-0.2, -0.15) is 0 Å². The highest BCUT2D eigenvalue weighted by atomic mass is 35.5. The third-order valence-electron chi connectivity index (χ3n) is 5.57. The van der Waals surface area contributed by atoms with Crippen LogP contribution < -0.4 is 5.73 Å². The molecule has 0 radical (unpaired) electrons. The lowest BCUT2D eigenvalue weighted by atomic mass is 9.74. The number of ether oxygens (including phenoxy) is 1. The van der Waals surface area contributed by atoms with Crippen LogP contribution in [0, 0.1) is 11.8 Å². The molecule has 0 aromatic rings. The maximum absolute atomic E-state index is 12.8. The van der Waals surface area contributed by atoms with Gasteiger partial charge in [0.05, 0.1) is 12.0 Å². The van der Waals surface area contributed by atoms with Crippen LogP contribution in [0.15, 0.2) is 0 Å². The Kier molecular flexibility index (Phi) is 6.14. The predicted molar refractivity (Wildman–Crippen MR) is 90.1 cm³/mol. The normalized spacial score (nSPS) is 33.4. The van der Waals surface area contributed by atoms with E-state index in [0.717, 1.165) is 64.1 Å². The number of likely N-dealkylation sites (tertiary alicyclic amines) is 1. The molecule has 3 rings (SSSR count). The average Bonchev–Trinajstić information content (AvgIpc) is 3.29. The van der Waals surface area contributed by atoms with Gasteiger partial charge < -0.3 is 15.4 Å². The number of carbonyl (C=O) groups excluding carboxylic acids is 1. The summed E-state index contributed by atoms with van der Waals surface area (Å²) in [6.07, 6.45) is 9.28. The minimum Gasteiger partial charge on any atom is -0.378 e. The zero-order valence-corrected chi connectivity index (χ0v) is 14.6. The first kappa shape index (κ1) is 18.0. The number of nitrogens with zero attached hydrogens (tertiary/aromatic N) is 1. The summed E-state index contributed by atoms with van der Waals surface area (Å²) < 4.78 is 5.96. The lowest BCUT2D eigenvalue weighted by Gasteiger charge is -2.41. The fourth-order valence-electron chi connectivity index (χ4n) is 3.78.